The molecule has 0 atom stereocenters. The van der Waals surface area contributed by atoms with Crippen molar-refractivity contribution < 1.29 is 14.8 Å². The van der Waals surface area contributed by atoms with Gasteiger partial charge in [-0.25, -0.2) is 0 Å². The quantitative estimate of drug-likeness (QED) is 0.358. The third kappa shape index (κ3) is 3.90. The van der Waals surface area contributed by atoms with Gasteiger partial charge in [0.1, 0.15) is 0 Å². The lowest BCUT2D eigenvalue weighted by Crippen LogP contribution is -1.95. The Labute approximate surface area is 96.6 Å². The normalized spacial score (nSPS) is 10.0. The summed E-state index contributed by atoms with van der Waals surface area (Å²) < 4.78 is 0. The van der Waals surface area contributed by atoms with Crippen LogP contribution in [0.3, 0.4) is 0 Å². The summed E-state index contributed by atoms with van der Waals surface area (Å²) in [5.41, 5.74) is 0.0721. The standard InChI is InChI=1S/C10H11NO4S/c12-10(13)6-3-7-16-9-5-2-1-4-8(9)11(14)15/h1-2,4-5H,3,6-7H2,(H,12,13). The second-order valence-corrected chi connectivity index (χ2v) is 4.21. The number of carboxylic acid groups (broad SMARTS) is 1. The number of carbonyl (C=O) groups is 1. The lowest BCUT2D eigenvalue weighted by Gasteiger charge is -2.01. The highest BCUT2D eigenvalue weighted by Gasteiger charge is 2.12. The molecule has 1 aromatic carbocycles. The Kier molecular flexibility index (Phi) is 4.78. The monoisotopic (exact) mass is 241 g/mol. The van der Waals surface area contributed by atoms with E-state index in [1.54, 1.807) is 18.2 Å². The van der Waals surface area contributed by atoms with Crippen LogP contribution in [-0.2, 0) is 4.79 Å². The Hall–Kier alpha value is -1.56. The second-order valence-electron chi connectivity index (χ2n) is 3.07. The first-order valence-electron chi connectivity index (χ1n) is 4.69. The van der Waals surface area contributed by atoms with Crippen molar-refractivity contribution in [2.75, 3.05) is 5.75 Å². The number of thioether (sulfide) groups is 1. The molecule has 0 bridgehead atoms. The number of hydrogen-bond donors (Lipinski definition) is 1. The van der Waals surface area contributed by atoms with Crippen molar-refractivity contribution in [2.45, 2.75) is 17.7 Å². The molecular formula is C10H11NO4S. The van der Waals surface area contributed by atoms with Gasteiger partial charge in [0.15, 0.2) is 0 Å². The van der Waals surface area contributed by atoms with Crippen LogP contribution < -0.4 is 0 Å². The van der Waals surface area contributed by atoms with E-state index in [1.165, 1.54) is 17.8 Å². The van der Waals surface area contributed by atoms with Crippen LogP contribution in [0.1, 0.15) is 12.8 Å². The van der Waals surface area contributed by atoms with Crippen molar-refractivity contribution in [1.29, 1.82) is 0 Å². The zero-order valence-electron chi connectivity index (χ0n) is 8.46. The molecule has 0 aromatic heterocycles. The highest BCUT2D eigenvalue weighted by atomic mass is 32.2. The summed E-state index contributed by atoms with van der Waals surface area (Å²) in [6, 6.07) is 6.45. The number of para-hydroxylation sites is 1. The number of nitro groups is 1. The number of nitrogens with zero attached hydrogens (tertiary/aromatic N) is 1. The average molecular weight is 241 g/mol. The smallest absolute Gasteiger partial charge is 0.303 e. The summed E-state index contributed by atoms with van der Waals surface area (Å²) in [6.07, 6.45) is 0.597. The fourth-order valence-electron chi connectivity index (χ4n) is 1.14. The van der Waals surface area contributed by atoms with Gasteiger partial charge in [0.05, 0.1) is 9.82 Å². The van der Waals surface area contributed by atoms with Crippen molar-refractivity contribution in [3.05, 3.63) is 34.4 Å². The largest absolute Gasteiger partial charge is 0.481 e. The van der Waals surface area contributed by atoms with Gasteiger partial charge in [0.25, 0.3) is 5.69 Å². The van der Waals surface area contributed by atoms with Crippen molar-refractivity contribution in [3.8, 4) is 0 Å². The zero-order chi connectivity index (χ0) is 12.0. The van der Waals surface area contributed by atoms with Crippen LogP contribution in [0.2, 0.25) is 0 Å². The predicted molar refractivity (Wildman–Crippen MR) is 60.7 cm³/mol. The first-order chi connectivity index (χ1) is 7.61. The minimum atomic E-state index is -0.844. The lowest BCUT2D eigenvalue weighted by molar-refractivity contribution is -0.387. The molecule has 0 amide bonds. The van der Waals surface area contributed by atoms with Gasteiger partial charge >= 0.3 is 5.97 Å². The maximum Gasteiger partial charge on any atom is 0.303 e. The topological polar surface area (TPSA) is 80.4 Å². The molecule has 86 valence electrons. The average Bonchev–Trinajstić information content (AvgIpc) is 2.24. The highest BCUT2D eigenvalue weighted by Crippen LogP contribution is 2.29. The van der Waals surface area contributed by atoms with Gasteiger partial charge in [-0.15, -0.1) is 11.8 Å². The summed E-state index contributed by atoms with van der Waals surface area (Å²) >= 11 is 1.31. The van der Waals surface area contributed by atoms with Crippen LogP contribution in [0.15, 0.2) is 29.2 Å². The molecule has 6 heteroatoms. The van der Waals surface area contributed by atoms with E-state index in [0.29, 0.717) is 17.1 Å². The fourth-order valence-corrected chi connectivity index (χ4v) is 2.11. The molecule has 0 fully saturated rings. The summed E-state index contributed by atoms with van der Waals surface area (Å²) in [4.78, 5) is 21.1. The summed E-state index contributed by atoms with van der Waals surface area (Å²) in [5.74, 6) is -0.278. The van der Waals surface area contributed by atoms with E-state index in [1.807, 2.05) is 0 Å². The van der Waals surface area contributed by atoms with Gasteiger partial charge in [-0.2, -0.15) is 0 Å². The number of nitro benzene ring substituents is 1. The van der Waals surface area contributed by atoms with Crippen molar-refractivity contribution >= 4 is 23.4 Å². The third-order valence-electron chi connectivity index (χ3n) is 1.85. The molecule has 1 aromatic rings. The molecule has 1 N–H and O–H groups in total. The van der Waals surface area contributed by atoms with E-state index in [2.05, 4.69) is 0 Å². The number of benzene rings is 1. The maximum absolute atomic E-state index is 10.7. The van der Waals surface area contributed by atoms with Gasteiger partial charge < -0.3 is 5.11 Å². The third-order valence-corrected chi connectivity index (χ3v) is 3.00. The van der Waals surface area contributed by atoms with Gasteiger partial charge in [0.2, 0.25) is 0 Å². The molecule has 0 radical (unpaired) electrons. The molecule has 16 heavy (non-hydrogen) atoms. The zero-order valence-corrected chi connectivity index (χ0v) is 9.27. The van der Waals surface area contributed by atoms with E-state index in [4.69, 9.17) is 5.11 Å². The van der Waals surface area contributed by atoms with Crippen molar-refractivity contribution in [1.82, 2.24) is 0 Å². The van der Waals surface area contributed by atoms with E-state index < -0.39 is 10.9 Å². The van der Waals surface area contributed by atoms with Crippen LogP contribution in [0.5, 0.6) is 0 Å². The number of rotatable bonds is 6. The first kappa shape index (κ1) is 12.5. The molecular weight excluding hydrogens is 230 g/mol. The lowest BCUT2D eigenvalue weighted by atomic mass is 10.3. The Bertz CT molecular complexity index is 394. The number of carboxylic acids is 1. The molecule has 0 aliphatic rings. The molecule has 0 aliphatic heterocycles. The van der Waals surface area contributed by atoms with Gasteiger partial charge in [-0.1, -0.05) is 12.1 Å². The minimum Gasteiger partial charge on any atom is -0.481 e. The second kappa shape index (κ2) is 6.12. The van der Waals surface area contributed by atoms with E-state index in [9.17, 15) is 14.9 Å². The number of hydrogen-bond acceptors (Lipinski definition) is 4. The molecule has 0 saturated carbocycles. The first-order valence-corrected chi connectivity index (χ1v) is 5.68. The van der Waals surface area contributed by atoms with Crippen molar-refractivity contribution in [3.63, 3.8) is 0 Å². The molecule has 0 unspecified atom stereocenters. The van der Waals surface area contributed by atoms with Crippen LogP contribution in [0, 0.1) is 10.1 Å². The Morgan fingerprint density at radius 1 is 1.44 bits per heavy atom. The van der Waals surface area contributed by atoms with E-state index >= 15 is 0 Å². The van der Waals surface area contributed by atoms with Crippen molar-refractivity contribution in [2.24, 2.45) is 0 Å². The molecule has 1 rings (SSSR count). The maximum atomic E-state index is 10.7. The molecule has 0 spiro atoms. The van der Waals surface area contributed by atoms with E-state index in [0.717, 1.165) is 0 Å². The molecule has 0 heterocycles. The van der Waals surface area contributed by atoms with Gasteiger partial charge in [0, 0.05) is 12.5 Å². The Morgan fingerprint density at radius 3 is 2.75 bits per heavy atom. The molecule has 0 aliphatic carbocycles. The summed E-state index contributed by atoms with van der Waals surface area (Å²) in [5, 5.41) is 19.1. The Balaban J connectivity index is 2.53. The predicted octanol–water partition coefficient (Wildman–Crippen LogP) is 2.55. The minimum absolute atomic E-state index is 0.0721. The van der Waals surface area contributed by atoms with Crippen LogP contribution in [0.25, 0.3) is 0 Å². The highest BCUT2D eigenvalue weighted by molar-refractivity contribution is 7.99. The molecule has 0 saturated heterocycles. The summed E-state index contributed by atoms with van der Waals surface area (Å²) in [7, 11) is 0. The van der Waals surface area contributed by atoms with Gasteiger partial charge in [-0.05, 0) is 18.2 Å². The number of aliphatic carboxylic acids is 1. The van der Waals surface area contributed by atoms with Crippen LogP contribution in [0.4, 0.5) is 5.69 Å². The van der Waals surface area contributed by atoms with Crippen LogP contribution in [-0.4, -0.2) is 21.8 Å². The fraction of sp³-hybridized carbons (Fsp3) is 0.300. The SMILES string of the molecule is O=C(O)CCCSc1ccccc1[N+](=O)[O-]. The van der Waals surface area contributed by atoms with Crippen LogP contribution >= 0.6 is 11.8 Å². The molecule has 5 nitrogen and oxygen atoms in total. The van der Waals surface area contributed by atoms with Gasteiger partial charge in [-0.3, -0.25) is 14.9 Å². The summed E-state index contributed by atoms with van der Waals surface area (Å²) in [6.45, 7) is 0. The Morgan fingerprint density at radius 2 is 2.12 bits per heavy atom. The van der Waals surface area contributed by atoms with E-state index in [-0.39, 0.29) is 12.1 Å².